The molecular weight excluding hydrogens is 361 g/mol. The molecule has 6 nitrogen and oxygen atoms in total. The molecule has 0 aliphatic heterocycles. The lowest BCUT2D eigenvalue weighted by Crippen LogP contribution is -2.45. The van der Waals surface area contributed by atoms with Crippen molar-refractivity contribution in [2.24, 2.45) is 0 Å². The molecule has 0 fully saturated rings. The summed E-state index contributed by atoms with van der Waals surface area (Å²) < 4.78 is 12.9. The fourth-order valence-corrected chi connectivity index (χ4v) is 2.72. The lowest BCUT2D eigenvalue weighted by molar-refractivity contribution is 0.101. The quantitative estimate of drug-likeness (QED) is 0.684. The second-order valence-corrected chi connectivity index (χ2v) is 7.49. The van der Waals surface area contributed by atoms with E-state index in [0.29, 0.717) is 18.7 Å². The Morgan fingerprint density at radius 3 is 2.36 bits per heavy atom. The number of benzene rings is 2. The molecule has 3 amide bonds. The Morgan fingerprint density at radius 1 is 1.07 bits per heavy atom. The molecule has 28 heavy (non-hydrogen) atoms. The zero-order valence-electron chi connectivity index (χ0n) is 16.3. The number of carbonyl (C=O) groups is 2. The van der Waals surface area contributed by atoms with Gasteiger partial charge in [0.2, 0.25) is 0 Å². The van der Waals surface area contributed by atoms with Crippen molar-refractivity contribution in [3.8, 4) is 0 Å². The molecule has 0 aliphatic rings. The number of rotatable bonds is 6. The predicted molar refractivity (Wildman–Crippen MR) is 107 cm³/mol. The molecule has 0 aliphatic carbocycles. The maximum atomic E-state index is 12.9. The maximum absolute atomic E-state index is 12.9. The van der Waals surface area contributed by atoms with Crippen molar-refractivity contribution in [3.05, 3.63) is 65.5 Å². The van der Waals surface area contributed by atoms with Crippen molar-refractivity contribution in [2.45, 2.75) is 39.3 Å². The third-order valence-electron chi connectivity index (χ3n) is 4.22. The molecule has 0 unspecified atom stereocenters. The molecule has 0 atom stereocenters. The van der Waals surface area contributed by atoms with Gasteiger partial charge in [-0.15, -0.1) is 0 Å². The molecule has 2 rings (SSSR count). The first-order valence-electron chi connectivity index (χ1n) is 9.04. The lowest BCUT2D eigenvalue weighted by Gasteiger charge is -2.33. The van der Waals surface area contributed by atoms with E-state index in [4.69, 9.17) is 0 Å². The van der Waals surface area contributed by atoms with Crippen LogP contribution < -0.4 is 10.6 Å². The van der Waals surface area contributed by atoms with Gasteiger partial charge in [-0.25, -0.2) is 14.0 Å². The van der Waals surface area contributed by atoms with Crippen molar-refractivity contribution < 1.29 is 19.1 Å². The van der Waals surface area contributed by atoms with Crippen LogP contribution in [0.1, 0.15) is 31.9 Å². The Bertz CT molecular complexity index is 816. The summed E-state index contributed by atoms with van der Waals surface area (Å²) in [5.41, 5.74) is 1.85. The first-order chi connectivity index (χ1) is 13.1. The molecule has 0 aromatic heterocycles. The van der Waals surface area contributed by atoms with E-state index in [9.17, 15) is 19.1 Å². The van der Waals surface area contributed by atoms with Crippen LogP contribution in [-0.2, 0) is 13.0 Å². The van der Waals surface area contributed by atoms with Crippen LogP contribution in [0.5, 0.6) is 0 Å². The van der Waals surface area contributed by atoms with Crippen LogP contribution in [0.2, 0.25) is 0 Å². The molecule has 150 valence electrons. The van der Waals surface area contributed by atoms with Crippen LogP contribution in [0.3, 0.4) is 0 Å². The molecule has 0 spiro atoms. The Labute approximate surface area is 164 Å². The maximum Gasteiger partial charge on any atom is 0.407 e. The van der Waals surface area contributed by atoms with Gasteiger partial charge in [0.05, 0.1) is 0 Å². The van der Waals surface area contributed by atoms with Crippen LogP contribution in [0, 0.1) is 5.82 Å². The van der Waals surface area contributed by atoms with Crippen molar-refractivity contribution in [2.75, 3.05) is 11.9 Å². The zero-order valence-corrected chi connectivity index (χ0v) is 16.3. The van der Waals surface area contributed by atoms with Crippen LogP contribution in [0.15, 0.2) is 48.5 Å². The van der Waals surface area contributed by atoms with Gasteiger partial charge in [0.15, 0.2) is 0 Å². The number of nitrogens with one attached hydrogen (secondary N) is 2. The van der Waals surface area contributed by atoms with E-state index in [0.717, 1.165) is 11.1 Å². The van der Waals surface area contributed by atoms with Crippen molar-refractivity contribution in [3.63, 3.8) is 0 Å². The highest BCUT2D eigenvalue weighted by Crippen LogP contribution is 2.16. The number of urea groups is 1. The van der Waals surface area contributed by atoms with E-state index in [-0.39, 0.29) is 18.4 Å². The number of halogens is 1. The fraction of sp³-hybridized carbons (Fsp3) is 0.333. The first kappa shape index (κ1) is 21.2. The van der Waals surface area contributed by atoms with E-state index >= 15 is 0 Å². The van der Waals surface area contributed by atoms with E-state index in [1.165, 1.54) is 17.0 Å². The molecule has 0 radical (unpaired) electrons. The highest BCUT2D eigenvalue weighted by Gasteiger charge is 2.25. The van der Waals surface area contributed by atoms with Gasteiger partial charge in [0.25, 0.3) is 0 Å². The van der Waals surface area contributed by atoms with Crippen molar-refractivity contribution >= 4 is 17.8 Å². The minimum Gasteiger partial charge on any atom is -0.465 e. The number of anilines is 1. The second-order valence-electron chi connectivity index (χ2n) is 7.49. The third-order valence-corrected chi connectivity index (χ3v) is 4.22. The van der Waals surface area contributed by atoms with Crippen LogP contribution >= 0.6 is 0 Å². The highest BCUT2D eigenvalue weighted by molar-refractivity contribution is 5.89. The molecule has 2 aromatic rings. The summed E-state index contributed by atoms with van der Waals surface area (Å²) in [5.74, 6) is -0.321. The average Bonchev–Trinajstić information content (AvgIpc) is 2.60. The van der Waals surface area contributed by atoms with E-state index in [2.05, 4.69) is 10.6 Å². The molecule has 0 bridgehead atoms. The van der Waals surface area contributed by atoms with Crippen LogP contribution in [0.4, 0.5) is 19.7 Å². The normalized spacial score (nSPS) is 11.0. The summed E-state index contributed by atoms with van der Waals surface area (Å²) in [6.07, 6.45) is -0.419. The molecule has 2 aromatic carbocycles. The first-order valence-corrected chi connectivity index (χ1v) is 9.04. The van der Waals surface area contributed by atoms with E-state index in [1.807, 2.05) is 39.0 Å². The summed E-state index contributed by atoms with van der Waals surface area (Å²) >= 11 is 0. The minimum atomic E-state index is -0.957. The Morgan fingerprint density at radius 2 is 1.75 bits per heavy atom. The summed E-state index contributed by atoms with van der Waals surface area (Å²) in [5, 5.41) is 14.8. The Hall–Kier alpha value is -3.09. The summed E-state index contributed by atoms with van der Waals surface area (Å²) in [4.78, 5) is 24.9. The molecule has 0 heterocycles. The summed E-state index contributed by atoms with van der Waals surface area (Å²) in [7, 11) is 0. The number of hydrogen-bond donors (Lipinski definition) is 3. The number of carbonyl (C=O) groups excluding carboxylic acids is 1. The van der Waals surface area contributed by atoms with Crippen LogP contribution in [0.25, 0.3) is 0 Å². The molecule has 7 heteroatoms. The number of amides is 3. The standard InChI is InChI=1S/C21H26FN3O3/c1-21(2,3)25(20(27)28)12-11-15-5-4-6-18(13-15)24-19(26)23-14-16-7-9-17(22)10-8-16/h4-10,13H,11-12,14H2,1-3H3,(H,27,28)(H2,23,24,26). The summed E-state index contributed by atoms with van der Waals surface area (Å²) in [6, 6.07) is 12.8. The number of carboxylic acid groups (broad SMARTS) is 1. The minimum absolute atomic E-state index is 0.283. The van der Waals surface area contributed by atoms with Crippen LogP contribution in [-0.4, -0.2) is 34.2 Å². The molecule has 3 N–H and O–H groups in total. The number of nitrogens with zero attached hydrogens (tertiary/aromatic N) is 1. The monoisotopic (exact) mass is 387 g/mol. The molecular formula is C21H26FN3O3. The predicted octanol–water partition coefficient (Wildman–Crippen LogP) is 4.47. The highest BCUT2D eigenvalue weighted by atomic mass is 19.1. The van der Waals surface area contributed by atoms with Gasteiger partial charge in [0.1, 0.15) is 5.82 Å². The third kappa shape index (κ3) is 6.57. The second kappa shape index (κ2) is 9.21. The Balaban J connectivity index is 1.90. The summed E-state index contributed by atoms with van der Waals surface area (Å²) in [6.45, 7) is 6.20. The molecule has 0 saturated heterocycles. The van der Waals surface area contributed by atoms with Gasteiger partial charge < -0.3 is 20.6 Å². The topological polar surface area (TPSA) is 81.7 Å². The molecule has 0 saturated carbocycles. The van der Waals surface area contributed by atoms with E-state index < -0.39 is 11.6 Å². The van der Waals surface area contributed by atoms with Crippen molar-refractivity contribution in [1.29, 1.82) is 0 Å². The van der Waals surface area contributed by atoms with Gasteiger partial charge in [-0.05, 0) is 62.6 Å². The van der Waals surface area contributed by atoms with Gasteiger partial charge in [-0.1, -0.05) is 24.3 Å². The zero-order chi connectivity index (χ0) is 20.7. The van der Waals surface area contributed by atoms with Crippen molar-refractivity contribution in [1.82, 2.24) is 10.2 Å². The van der Waals surface area contributed by atoms with Gasteiger partial charge >= 0.3 is 12.1 Å². The largest absolute Gasteiger partial charge is 0.465 e. The smallest absolute Gasteiger partial charge is 0.407 e. The van der Waals surface area contributed by atoms with Gasteiger partial charge in [-0.2, -0.15) is 0 Å². The lowest BCUT2D eigenvalue weighted by atomic mass is 10.0. The van der Waals surface area contributed by atoms with Gasteiger partial charge in [0, 0.05) is 24.3 Å². The van der Waals surface area contributed by atoms with E-state index in [1.54, 1.807) is 18.2 Å². The Kier molecular flexibility index (Phi) is 6.98. The van der Waals surface area contributed by atoms with Gasteiger partial charge in [-0.3, -0.25) is 0 Å². The average molecular weight is 387 g/mol. The SMILES string of the molecule is CC(C)(C)N(CCc1cccc(NC(=O)NCc2ccc(F)cc2)c1)C(=O)O. The number of hydrogen-bond acceptors (Lipinski definition) is 2. The fourth-order valence-electron chi connectivity index (χ4n) is 2.72.